The first kappa shape index (κ1) is 17.1. The Morgan fingerprint density at radius 3 is 2.80 bits per heavy atom. The van der Waals surface area contributed by atoms with E-state index in [-0.39, 0.29) is 6.04 Å². The van der Waals surface area contributed by atoms with Crippen LogP contribution in [0.5, 0.6) is 0 Å². The summed E-state index contributed by atoms with van der Waals surface area (Å²) in [5, 5.41) is 16.5. The number of amides is 2. The van der Waals surface area contributed by atoms with Crippen LogP contribution in [-0.2, 0) is 16.6 Å². The lowest BCUT2D eigenvalue weighted by Gasteiger charge is -2.17. The van der Waals surface area contributed by atoms with Crippen LogP contribution in [0.25, 0.3) is 0 Å². The second kappa shape index (κ2) is 6.64. The molecule has 0 saturated heterocycles. The fraction of sp³-hybridized carbons (Fsp3) is 0.312. The van der Waals surface area contributed by atoms with Gasteiger partial charge in [-0.15, -0.1) is 10.2 Å². The first-order valence-electron chi connectivity index (χ1n) is 7.67. The summed E-state index contributed by atoms with van der Waals surface area (Å²) < 4.78 is 1.71. The Morgan fingerprint density at radius 1 is 1.40 bits per heavy atom. The zero-order valence-corrected chi connectivity index (χ0v) is 14.7. The number of hydrogen-bond acceptors (Lipinski definition) is 5. The van der Waals surface area contributed by atoms with Crippen LogP contribution in [0.2, 0.25) is 5.02 Å². The summed E-state index contributed by atoms with van der Waals surface area (Å²) in [6, 6.07) is 6.37. The van der Waals surface area contributed by atoms with Crippen LogP contribution in [0, 0.1) is 5.92 Å². The van der Waals surface area contributed by atoms with E-state index in [1.807, 2.05) is 0 Å². The van der Waals surface area contributed by atoms with Gasteiger partial charge in [-0.3, -0.25) is 9.59 Å². The van der Waals surface area contributed by atoms with Crippen LogP contribution < -0.4 is 10.3 Å². The second-order valence-electron chi connectivity index (χ2n) is 5.83. The largest absolute Gasteiger partial charge is 0.345 e. The molecule has 1 aliphatic rings. The minimum atomic E-state index is -0.977. The molecule has 8 nitrogen and oxygen atoms in total. The molecule has 0 aliphatic carbocycles. The third-order valence-electron chi connectivity index (χ3n) is 3.94. The van der Waals surface area contributed by atoms with Gasteiger partial charge in [0.1, 0.15) is 6.33 Å². The smallest absolute Gasteiger partial charge is 0.265 e. The van der Waals surface area contributed by atoms with Gasteiger partial charge in [-0.2, -0.15) is 10.1 Å². The maximum absolute atomic E-state index is 12.7. The van der Waals surface area contributed by atoms with E-state index in [0.717, 1.165) is 0 Å². The number of aryl methyl sites for hydroxylation is 1. The van der Waals surface area contributed by atoms with Crippen molar-refractivity contribution >= 4 is 34.8 Å². The number of nitrogens with zero attached hydrogens (tertiary/aromatic N) is 5. The average molecular weight is 361 g/mol. The van der Waals surface area contributed by atoms with Crippen molar-refractivity contribution in [3.05, 3.63) is 41.4 Å². The van der Waals surface area contributed by atoms with Gasteiger partial charge in [0, 0.05) is 12.1 Å². The lowest BCUT2D eigenvalue weighted by atomic mass is 10.0. The highest BCUT2D eigenvalue weighted by atomic mass is 35.5. The number of rotatable bonds is 4. The fourth-order valence-electron chi connectivity index (χ4n) is 2.71. The highest BCUT2D eigenvalue weighted by Crippen LogP contribution is 2.26. The van der Waals surface area contributed by atoms with Crippen LogP contribution in [-0.4, -0.2) is 32.3 Å². The molecule has 130 valence electrons. The summed E-state index contributed by atoms with van der Waals surface area (Å²) in [6.07, 6.45) is 1.55. The molecule has 0 bridgehead atoms. The Hall–Kier alpha value is -2.74. The van der Waals surface area contributed by atoms with Gasteiger partial charge in [-0.1, -0.05) is 17.7 Å². The molecule has 1 aromatic heterocycles. The van der Waals surface area contributed by atoms with E-state index in [2.05, 4.69) is 20.6 Å². The van der Waals surface area contributed by atoms with E-state index in [4.69, 9.17) is 11.6 Å². The second-order valence-corrected chi connectivity index (χ2v) is 6.27. The van der Waals surface area contributed by atoms with Crippen molar-refractivity contribution in [2.75, 3.05) is 5.01 Å². The number of carbonyl (C=O) groups excluding carboxylic acids is 2. The van der Waals surface area contributed by atoms with Crippen molar-refractivity contribution in [2.24, 2.45) is 18.1 Å². The fourth-order valence-corrected chi connectivity index (χ4v) is 2.89. The van der Waals surface area contributed by atoms with Crippen molar-refractivity contribution < 1.29 is 9.59 Å². The Bertz CT molecular complexity index is 862. The third-order valence-corrected chi connectivity index (χ3v) is 4.17. The molecule has 2 amide bonds. The number of anilines is 1. The van der Waals surface area contributed by atoms with E-state index in [1.165, 1.54) is 5.01 Å². The lowest BCUT2D eigenvalue weighted by molar-refractivity contribution is -0.130. The number of hydrazone groups is 1. The standard InChI is InChI=1S/C16H17ClN6O2/c1-9-13(15(24)19-10(2)14-20-18-8-22(14)3)16(25)23(21-9)12-6-4-5-11(17)7-12/h4-8,10,13H,1-3H3,(H,19,24)/t10-,13+/m1/s1. The first-order chi connectivity index (χ1) is 11.9. The van der Waals surface area contributed by atoms with Gasteiger partial charge in [0.15, 0.2) is 11.7 Å². The van der Waals surface area contributed by atoms with E-state index < -0.39 is 17.7 Å². The summed E-state index contributed by atoms with van der Waals surface area (Å²) >= 11 is 5.97. The van der Waals surface area contributed by atoms with Crippen molar-refractivity contribution in [1.29, 1.82) is 0 Å². The third kappa shape index (κ3) is 3.25. The molecule has 25 heavy (non-hydrogen) atoms. The van der Waals surface area contributed by atoms with Crippen LogP contribution in [0.3, 0.4) is 0 Å². The maximum atomic E-state index is 12.7. The topological polar surface area (TPSA) is 92.5 Å². The number of nitrogens with one attached hydrogen (secondary N) is 1. The maximum Gasteiger partial charge on any atom is 0.265 e. The van der Waals surface area contributed by atoms with E-state index in [9.17, 15) is 9.59 Å². The van der Waals surface area contributed by atoms with E-state index >= 15 is 0 Å². The summed E-state index contributed by atoms with van der Waals surface area (Å²) in [4.78, 5) is 25.3. The van der Waals surface area contributed by atoms with Crippen LogP contribution in [0.4, 0.5) is 5.69 Å². The normalized spacial score (nSPS) is 18.2. The van der Waals surface area contributed by atoms with Gasteiger partial charge in [0.25, 0.3) is 5.91 Å². The Balaban J connectivity index is 1.77. The molecule has 1 aliphatic heterocycles. The van der Waals surface area contributed by atoms with Gasteiger partial charge in [0.2, 0.25) is 5.91 Å². The molecule has 1 N–H and O–H groups in total. The highest BCUT2D eigenvalue weighted by Gasteiger charge is 2.40. The minimum absolute atomic E-state index is 0.388. The molecule has 2 aromatic rings. The number of hydrogen-bond donors (Lipinski definition) is 1. The molecule has 2 heterocycles. The minimum Gasteiger partial charge on any atom is -0.345 e. The van der Waals surface area contributed by atoms with Crippen molar-refractivity contribution in [3.8, 4) is 0 Å². The summed E-state index contributed by atoms with van der Waals surface area (Å²) in [5.41, 5.74) is 0.946. The number of benzene rings is 1. The van der Waals surface area contributed by atoms with Crippen molar-refractivity contribution in [1.82, 2.24) is 20.1 Å². The Morgan fingerprint density at radius 2 is 2.16 bits per heavy atom. The Kier molecular flexibility index (Phi) is 4.54. The van der Waals surface area contributed by atoms with E-state index in [1.54, 1.807) is 56.1 Å². The van der Waals surface area contributed by atoms with Crippen molar-refractivity contribution in [3.63, 3.8) is 0 Å². The zero-order valence-electron chi connectivity index (χ0n) is 14.0. The van der Waals surface area contributed by atoms with Crippen LogP contribution in [0.1, 0.15) is 25.7 Å². The highest BCUT2D eigenvalue weighted by molar-refractivity contribution is 6.31. The van der Waals surface area contributed by atoms with Gasteiger partial charge in [0.05, 0.1) is 17.4 Å². The SMILES string of the molecule is CC1=NN(c2cccc(Cl)c2)C(=O)[C@@H]1C(=O)N[C@H](C)c1nncn1C. The van der Waals surface area contributed by atoms with Gasteiger partial charge in [-0.05, 0) is 32.0 Å². The molecule has 0 radical (unpaired) electrons. The molecular weight excluding hydrogens is 344 g/mol. The van der Waals surface area contributed by atoms with Gasteiger partial charge in [-0.25, -0.2) is 0 Å². The number of halogens is 1. The molecule has 3 rings (SSSR count). The molecule has 0 spiro atoms. The zero-order chi connectivity index (χ0) is 18.1. The van der Waals surface area contributed by atoms with Gasteiger partial charge >= 0.3 is 0 Å². The monoisotopic (exact) mass is 360 g/mol. The molecule has 9 heteroatoms. The Labute approximate surface area is 149 Å². The summed E-state index contributed by atoms with van der Waals surface area (Å²) in [7, 11) is 1.78. The van der Waals surface area contributed by atoms with Crippen LogP contribution in [0.15, 0.2) is 35.7 Å². The molecule has 2 atom stereocenters. The quantitative estimate of drug-likeness (QED) is 0.839. The molecular formula is C16H17ClN6O2. The molecule has 0 saturated carbocycles. The van der Waals surface area contributed by atoms with Crippen LogP contribution >= 0.6 is 11.6 Å². The molecule has 0 fully saturated rings. The number of carbonyl (C=O) groups is 2. The predicted molar refractivity (Wildman–Crippen MR) is 93.1 cm³/mol. The van der Waals surface area contributed by atoms with E-state index in [0.29, 0.717) is 22.2 Å². The predicted octanol–water partition coefficient (Wildman–Crippen LogP) is 1.68. The molecule has 1 aromatic carbocycles. The van der Waals surface area contributed by atoms with Gasteiger partial charge < -0.3 is 9.88 Å². The molecule has 0 unspecified atom stereocenters. The summed E-state index contributed by atoms with van der Waals surface area (Å²) in [5.74, 6) is -1.22. The summed E-state index contributed by atoms with van der Waals surface area (Å²) in [6.45, 7) is 3.43. The number of aromatic nitrogens is 3. The lowest BCUT2D eigenvalue weighted by Crippen LogP contribution is -2.41. The first-order valence-corrected chi connectivity index (χ1v) is 8.05. The van der Waals surface area contributed by atoms with Crippen molar-refractivity contribution in [2.45, 2.75) is 19.9 Å². The average Bonchev–Trinajstić information content (AvgIpc) is 3.10.